The third-order valence-corrected chi connectivity index (χ3v) is 7.36. The number of hydrogen-bond donors (Lipinski definition) is 1. The van der Waals surface area contributed by atoms with Crippen molar-refractivity contribution in [1.29, 1.82) is 0 Å². The monoisotopic (exact) mass is 424 g/mol. The average Bonchev–Trinajstić information content (AvgIpc) is 3.37. The SMILES string of the molecule is Cc1cc(-c2cc(-c3cc([S+]([O-])N4CC5(CCOC5)C4)ccc3C)cnc2N)on1. The van der Waals surface area contributed by atoms with Gasteiger partial charge in [0.05, 0.1) is 42.3 Å². The van der Waals surface area contributed by atoms with Gasteiger partial charge >= 0.3 is 0 Å². The van der Waals surface area contributed by atoms with Crippen LogP contribution in [-0.4, -0.2) is 45.3 Å². The summed E-state index contributed by atoms with van der Waals surface area (Å²) >= 11 is -1.19. The van der Waals surface area contributed by atoms with E-state index in [2.05, 4.69) is 10.1 Å². The van der Waals surface area contributed by atoms with Gasteiger partial charge in [0.15, 0.2) is 10.7 Å². The summed E-state index contributed by atoms with van der Waals surface area (Å²) in [5, 5.41) is 3.94. The van der Waals surface area contributed by atoms with Gasteiger partial charge in [-0.15, -0.1) is 4.31 Å². The predicted octanol–water partition coefficient (Wildman–Crippen LogP) is 3.35. The molecule has 0 saturated carbocycles. The van der Waals surface area contributed by atoms with Gasteiger partial charge in [-0.1, -0.05) is 11.2 Å². The number of hydrogen-bond acceptors (Lipinski definition) is 7. The number of aryl methyl sites for hydroxylation is 2. The van der Waals surface area contributed by atoms with Crippen molar-refractivity contribution in [2.45, 2.75) is 25.2 Å². The van der Waals surface area contributed by atoms with Gasteiger partial charge in [0.1, 0.15) is 5.82 Å². The zero-order chi connectivity index (χ0) is 20.9. The van der Waals surface area contributed by atoms with Gasteiger partial charge in [0.25, 0.3) is 0 Å². The average molecular weight is 425 g/mol. The minimum atomic E-state index is -1.19. The van der Waals surface area contributed by atoms with Gasteiger partial charge in [-0.3, -0.25) is 0 Å². The quantitative estimate of drug-likeness (QED) is 0.641. The molecule has 2 N–H and O–H groups in total. The summed E-state index contributed by atoms with van der Waals surface area (Å²) in [5.74, 6) is 0.971. The molecule has 30 heavy (non-hydrogen) atoms. The summed E-state index contributed by atoms with van der Waals surface area (Å²) in [6, 6.07) is 9.72. The molecule has 1 unspecified atom stereocenters. The van der Waals surface area contributed by atoms with E-state index in [0.717, 1.165) is 60.0 Å². The third kappa shape index (κ3) is 3.39. The molecule has 1 spiro atoms. The van der Waals surface area contributed by atoms with E-state index in [9.17, 15) is 4.55 Å². The molecule has 0 radical (unpaired) electrons. The molecule has 1 aromatic carbocycles. The summed E-state index contributed by atoms with van der Waals surface area (Å²) in [6.07, 6.45) is 2.80. The van der Waals surface area contributed by atoms with E-state index in [1.807, 2.05) is 48.5 Å². The maximum absolute atomic E-state index is 13.1. The van der Waals surface area contributed by atoms with E-state index in [1.54, 1.807) is 6.20 Å². The van der Waals surface area contributed by atoms with Crippen molar-refractivity contribution in [3.63, 3.8) is 0 Å². The molecule has 7 nitrogen and oxygen atoms in total. The summed E-state index contributed by atoms with van der Waals surface area (Å²) in [5.41, 5.74) is 10.7. The van der Waals surface area contributed by atoms with Crippen LogP contribution < -0.4 is 5.73 Å². The highest BCUT2D eigenvalue weighted by Gasteiger charge is 2.51. The maximum atomic E-state index is 13.1. The second-order valence-corrected chi connectivity index (χ2v) is 9.80. The molecule has 0 aliphatic carbocycles. The highest BCUT2D eigenvalue weighted by molar-refractivity contribution is 7.89. The summed E-state index contributed by atoms with van der Waals surface area (Å²) < 4.78 is 26.1. The van der Waals surface area contributed by atoms with E-state index in [1.165, 1.54) is 0 Å². The molecular weight excluding hydrogens is 400 g/mol. The number of anilines is 1. The zero-order valence-corrected chi connectivity index (χ0v) is 17.9. The molecule has 3 aromatic rings. The van der Waals surface area contributed by atoms with Crippen molar-refractivity contribution in [2.24, 2.45) is 5.41 Å². The number of pyridine rings is 1. The van der Waals surface area contributed by atoms with E-state index in [0.29, 0.717) is 17.1 Å². The molecule has 2 saturated heterocycles. The minimum absolute atomic E-state index is 0.203. The smallest absolute Gasteiger partial charge is 0.174 e. The lowest BCUT2D eigenvalue weighted by atomic mass is 9.81. The van der Waals surface area contributed by atoms with E-state index < -0.39 is 11.4 Å². The Balaban J connectivity index is 1.44. The second-order valence-electron chi connectivity index (χ2n) is 8.32. The van der Waals surface area contributed by atoms with Gasteiger partial charge in [-0.25, -0.2) is 4.98 Å². The van der Waals surface area contributed by atoms with Crippen molar-refractivity contribution >= 4 is 17.2 Å². The molecule has 2 fully saturated rings. The first-order valence-corrected chi connectivity index (χ1v) is 11.1. The Morgan fingerprint density at radius 2 is 2.00 bits per heavy atom. The Morgan fingerprint density at radius 1 is 1.17 bits per heavy atom. The number of nitrogens with zero attached hydrogens (tertiary/aromatic N) is 3. The highest BCUT2D eigenvalue weighted by Crippen LogP contribution is 2.41. The largest absolute Gasteiger partial charge is 0.593 e. The molecule has 1 atom stereocenters. The van der Waals surface area contributed by atoms with Crippen molar-refractivity contribution in [3.05, 3.63) is 47.8 Å². The van der Waals surface area contributed by atoms with Gasteiger partial charge in [0.2, 0.25) is 0 Å². The Bertz CT molecular complexity index is 1090. The Labute approximate surface area is 178 Å². The van der Waals surface area contributed by atoms with Crippen LogP contribution >= 0.6 is 0 Å². The molecular formula is C22H24N4O3S. The van der Waals surface area contributed by atoms with Crippen molar-refractivity contribution < 1.29 is 13.8 Å². The van der Waals surface area contributed by atoms with Crippen LogP contribution in [0.5, 0.6) is 0 Å². The van der Waals surface area contributed by atoms with Crippen LogP contribution in [0.4, 0.5) is 5.82 Å². The van der Waals surface area contributed by atoms with Crippen LogP contribution in [-0.2, 0) is 16.1 Å². The molecule has 2 aliphatic rings. The highest BCUT2D eigenvalue weighted by atomic mass is 32.2. The Kier molecular flexibility index (Phi) is 4.82. The standard InChI is InChI=1S/C22H24N4O3S/c1-14-3-4-17(30(27)26-11-22(12-26)5-6-28-13-22)9-18(14)16-8-19(21(23)24-10-16)20-7-15(2)25-29-20/h3-4,7-10H,5-6,11-13H2,1-2H3,(H2,23,24). The summed E-state index contributed by atoms with van der Waals surface area (Å²) in [4.78, 5) is 5.15. The van der Waals surface area contributed by atoms with Crippen LogP contribution in [0.25, 0.3) is 22.5 Å². The first-order chi connectivity index (χ1) is 14.4. The lowest BCUT2D eigenvalue weighted by Crippen LogP contribution is -2.58. The van der Waals surface area contributed by atoms with Crippen molar-refractivity contribution in [2.75, 3.05) is 32.0 Å². The Hall–Kier alpha value is -2.39. The molecule has 2 aromatic heterocycles. The zero-order valence-electron chi connectivity index (χ0n) is 17.1. The lowest BCUT2D eigenvalue weighted by Gasteiger charge is -2.45. The number of nitrogen functional groups attached to an aromatic ring is 1. The fraction of sp³-hybridized carbons (Fsp3) is 0.364. The van der Waals surface area contributed by atoms with Crippen molar-refractivity contribution in [3.8, 4) is 22.5 Å². The fourth-order valence-corrected chi connectivity index (χ4v) is 5.68. The number of ether oxygens (including phenoxy) is 1. The van der Waals surface area contributed by atoms with Gasteiger partial charge < -0.3 is 19.5 Å². The lowest BCUT2D eigenvalue weighted by molar-refractivity contribution is 0.0512. The normalized spacial score (nSPS) is 19.2. The first kappa shape index (κ1) is 19.6. The van der Waals surface area contributed by atoms with E-state index in [4.69, 9.17) is 15.0 Å². The van der Waals surface area contributed by atoms with E-state index >= 15 is 0 Å². The van der Waals surface area contributed by atoms with Gasteiger partial charge in [0, 0.05) is 35.9 Å². The topological polar surface area (TPSA) is 100 Å². The second kappa shape index (κ2) is 7.39. The first-order valence-electron chi connectivity index (χ1n) is 9.99. The number of rotatable bonds is 4. The number of benzene rings is 1. The van der Waals surface area contributed by atoms with E-state index in [-0.39, 0.29) is 5.41 Å². The minimum Gasteiger partial charge on any atom is -0.593 e. The third-order valence-electron chi connectivity index (χ3n) is 5.98. The molecule has 0 amide bonds. The molecule has 5 rings (SSSR count). The Morgan fingerprint density at radius 3 is 2.70 bits per heavy atom. The molecule has 4 heterocycles. The van der Waals surface area contributed by atoms with Crippen LogP contribution in [0, 0.1) is 19.3 Å². The number of aromatic nitrogens is 2. The predicted molar refractivity (Wildman–Crippen MR) is 115 cm³/mol. The van der Waals surface area contributed by atoms with Crippen LogP contribution in [0.2, 0.25) is 0 Å². The molecule has 156 valence electrons. The van der Waals surface area contributed by atoms with Crippen LogP contribution in [0.3, 0.4) is 0 Å². The maximum Gasteiger partial charge on any atom is 0.174 e. The molecule has 2 aliphatic heterocycles. The van der Waals surface area contributed by atoms with Gasteiger partial charge in [-0.05, 0) is 43.5 Å². The molecule has 0 bridgehead atoms. The van der Waals surface area contributed by atoms with Crippen molar-refractivity contribution in [1.82, 2.24) is 14.4 Å². The fourth-order valence-electron chi connectivity index (χ4n) is 4.20. The van der Waals surface area contributed by atoms with Gasteiger partial charge in [-0.2, -0.15) is 0 Å². The van der Waals surface area contributed by atoms with Crippen LogP contribution in [0.1, 0.15) is 17.7 Å². The molecule has 8 heteroatoms. The summed E-state index contributed by atoms with van der Waals surface area (Å²) in [6.45, 7) is 7.13. The number of nitrogens with two attached hydrogens (primary N) is 1. The van der Waals surface area contributed by atoms with Crippen LogP contribution in [0.15, 0.2) is 45.9 Å². The summed E-state index contributed by atoms with van der Waals surface area (Å²) in [7, 11) is 0.